The predicted octanol–water partition coefficient (Wildman–Crippen LogP) is 17.3. The largest absolute Gasteiger partial charge is 0.744 e. The number of benzene rings is 6. The van der Waals surface area contributed by atoms with E-state index in [9.17, 15) is 108 Å². The van der Waals surface area contributed by atoms with Crippen LogP contribution >= 0.6 is 0 Å². The summed E-state index contributed by atoms with van der Waals surface area (Å²) in [6, 6.07) is 0. The first kappa shape index (κ1) is 133. The summed E-state index contributed by atoms with van der Waals surface area (Å²) in [7, 11) is -13.3. The van der Waals surface area contributed by atoms with E-state index < -0.39 is 90.1 Å². The molecule has 6 unspecified atom stereocenters. The topological polar surface area (TPSA) is 575 Å². The van der Waals surface area contributed by atoms with Crippen LogP contribution in [0.2, 0.25) is 0 Å². The molecule has 132 heavy (non-hydrogen) atoms. The van der Waals surface area contributed by atoms with Crippen LogP contribution in [0.1, 0.15) is 264 Å². The van der Waals surface area contributed by atoms with Crippen LogP contribution in [0.25, 0.3) is 0 Å². The van der Waals surface area contributed by atoms with Gasteiger partial charge in [0.2, 0.25) is 17.2 Å². The second-order valence-corrected chi connectivity index (χ2v) is 36.8. The number of phenolic OH excluding ortho intramolecular Hbond substituents is 6. The van der Waals surface area contributed by atoms with Gasteiger partial charge in [-0.1, -0.05) is 124 Å². The SMILES string of the molecule is CCC(C)c1c(C)c(S(=O)(=O)[O-])c(OC)c(OC)c1O.CCC(C)c1c(O)c(OC)c(C)c(S(=O)(=O)[O-])c1OC.CCCc1c(C(C)CC)c(O)c(OC)c(OC)c1S(=O)(=O)[O-].CCCc1c(OC)c(O)c(C(C)CC)c(OC)c1S(=O)(=O)[O-].CCc1c(C(C)CC)c(O)c(OC)c(OC)c1S(=O)(=O)[O-].CCc1c(OC)c(O)c(C(C)CC)c(OC)c1S(=O)(=O)[O-].[CH3+].[CH3+].[CH3+].[CH3+].[CH3+].[CH3+]. The predicted molar refractivity (Wildman–Crippen MR) is 502 cm³/mol. The van der Waals surface area contributed by atoms with E-state index in [0.717, 1.165) is 0 Å². The van der Waals surface area contributed by atoms with Crippen molar-refractivity contribution in [2.75, 3.05) is 85.3 Å². The molecule has 6 rings (SSSR count). The van der Waals surface area contributed by atoms with Gasteiger partial charge in [-0.25, -0.2) is 50.5 Å². The van der Waals surface area contributed by atoms with Gasteiger partial charge in [0.25, 0.3) is 0 Å². The zero-order valence-electron chi connectivity index (χ0n) is 83.3. The lowest BCUT2D eigenvalue weighted by molar-refractivity contribution is 0.320. The van der Waals surface area contributed by atoms with E-state index in [1.54, 1.807) is 20.8 Å². The van der Waals surface area contributed by atoms with Crippen LogP contribution in [0.3, 0.4) is 0 Å². The second-order valence-electron chi connectivity index (χ2n) is 28.9. The normalized spacial score (nSPS) is 12.5. The van der Waals surface area contributed by atoms with Crippen molar-refractivity contribution < 1.29 is 165 Å². The molecule has 6 N–H and O–H groups in total. The molecular formula is C90H144O36S6. The average Bonchev–Trinajstić information content (AvgIpc) is 0.785. The van der Waals surface area contributed by atoms with Crippen molar-refractivity contribution in [3.8, 4) is 103 Å². The lowest BCUT2D eigenvalue weighted by atomic mass is 9.90. The standard InChI is InChI=1S/2C15H24O6S.2C14H22O6S.2C13H20O6S.6CH3/c1-6-8-10-13(20-4)12(16)11(9(3)7-2)14(21-5)15(10)22(17,18)19;1-6-8-10-11(9(3)7-2)12(16)13(20-4)14(21-5)15(10)22(17,18)19;1-6-8(3)10-11(15)12(19-4)9(7-2)14(13(10)20-5)21(16,17)18;1-6-8(3)10-9(7-2)14(21(16,17)18)13(20-5)12(19-4)11(10)15;1-6-7(2)9-10(14)11(18-4)8(3)13(12(9)19-5)20(15,16)17;1-6-7(2)9-8(3)13(20(15,16)17)12(19-5)11(18-4)10(9)14;;;;;;/h2*9,16H,6-8H2,1-5H3,(H,17,18,19);2*8,15H,6-7H2,1-5H3,(H,16,17,18);2*7,14H,6H2,1-5H3,(H,15,16,17);6*1H3/q;;;;;;6*+1/p-6. The minimum absolute atomic E-state index is 0. The molecule has 0 fully saturated rings. The molecule has 0 amide bonds. The highest BCUT2D eigenvalue weighted by atomic mass is 32.2. The minimum Gasteiger partial charge on any atom is -0.744 e. The first-order valence-corrected chi connectivity index (χ1v) is 48.5. The van der Waals surface area contributed by atoms with Gasteiger partial charge < -0.3 is 115 Å². The summed E-state index contributed by atoms with van der Waals surface area (Å²) in [6.45, 7) is 32.3. The summed E-state index contributed by atoms with van der Waals surface area (Å²) in [5.74, 6) is -3.37. The maximum atomic E-state index is 11.8. The fourth-order valence-corrected chi connectivity index (χ4v) is 20.1. The number of hydrogen-bond donors (Lipinski definition) is 6. The molecule has 0 bridgehead atoms. The molecule has 6 atom stereocenters. The number of ether oxygens (including phenoxy) is 12. The Hall–Kier alpha value is -9.60. The Morgan fingerprint density at radius 2 is 0.409 bits per heavy atom. The van der Waals surface area contributed by atoms with Gasteiger partial charge in [0.15, 0.2) is 69.0 Å². The molecule has 36 nitrogen and oxygen atoms in total. The number of rotatable bonds is 36. The van der Waals surface area contributed by atoms with Gasteiger partial charge in [0, 0.05) is 94.6 Å². The van der Waals surface area contributed by atoms with Gasteiger partial charge in [0.05, 0.1) is 85.3 Å². The molecule has 0 aliphatic carbocycles. The smallest absolute Gasteiger partial charge is 0.204 e. The molecule has 756 valence electrons. The highest BCUT2D eigenvalue weighted by molar-refractivity contribution is 7.87. The van der Waals surface area contributed by atoms with Crippen molar-refractivity contribution in [1.29, 1.82) is 0 Å². The number of methoxy groups -OCH3 is 12. The minimum atomic E-state index is -4.78. The molecule has 0 saturated heterocycles. The lowest BCUT2D eigenvalue weighted by Gasteiger charge is -2.25. The molecule has 0 spiro atoms. The van der Waals surface area contributed by atoms with Gasteiger partial charge in [-0.2, -0.15) is 0 Å². The number of phenols is 6. The van der Waals surface area contributed by atoms with E-state index in [1.807, 2.05) is 90.0 Å². The van der Waals surface area contributed by atoms with Crippen molar-refractivity contribution >= 4 is 60.7 Å². The Balaban J connectivity index is -0.000000358. The zero-order valence-corrected chi connectivity index (χ0v) is 88.2. The van der Waals surface area contributed by atoms with Gasteiger partial charge >= 0.3 is 0 Å². The highest BCUT2D eigenvalue weighted by Gasteiger charge is 2.37. The molecule has 0 heterocycles. The van der Waals surface area contributed by atoms with Crippen molar-refractivity contribution in [2.45, 2.75) is 267 Å². The summed E-state index contributed by atoms with van der Waals surface area (Å²) < 4.78 is 271. The first-order valence-electron chi connectivity index (χ1n) is 40.0. The Morgan fingerprint density at radius 3 is 0.659 bits per heavy atom. The molecule has 0 aliphatic rings. The monoisotopic (exact) mass is 1990 g/mol. The zero-order chi connectivity index (χ0) is 98.2. The highest BCUT2D eigenvalue weighted by Crippen LogP contribution is 2.56. The maximum Gasteiger partial charge on any atom is 0.204 e. The first-order chi connectivity index (χ1) is 58.4. The van der Waals surface area contributed by atoms with Crippen LogP contribution in [0.4, 0.5) is 0 Å². The molecular weight excluding hydrogens is 1850 g/mol. The van der Waals surface area contributed by atoms with E-state index in [1.165, 1.54) is 99.2 Å². The van der Waals surface area contributed by atoms with Gasteiger partial charge in [-0.3, -0.25) is 0 Å². The maximum absolute atomic E-state index is 11.8. The van der Waals surface area contributed by atoms with Crippen LogP contribution < -0.4 is 56.8 Å². The molecule has 0 aliphatic heterocycles. The number of aromatic hydroxyl groups is 6. The molecule has 0 aromatic heterocycles. The summed E-state index contributed by atoms with van der Waals surface area (Å²) >= 11 is 0. The molecule has 6 aromatic carbocycles. The molecule has 0 radical (unpaired) electrons. The van der Waals surface area contributed by atoms with Gasteiger partial charge in [-0.05, 0) is 130 Å². The molecule has 0 saturated carbocycles. The second kappa shape index (κ2) is 56.6. The van der Waals surface area contributed by atoms with Crippen LogP contribution in [0.5, 0.6) is 103 Å². The van der Waals surface area contributed by atoms with Crippen LogP contribution in [0, 0.1) is 58.4 Å². The third-order valence-corrected chi connectivity index (χ3v) is 27.1. The van der Waals surface area contributed by atoms with Gasteiger partial charge in [-0.15, -0.1) is 0 Å². The van der Waals surface area contributed by atoms with E-state index in [2.05, 4.69) is 0 Å². The van der Waals surface area contributed by atoms with Crippen molar-refractivity contribution in [2.24, 2.45) is 0 Å². The van der Waals surface area contributed by atoms with Crippen LogP contribution in [0.15, 0.2) is 29.4 Å². The third kappa shape index (κ3) is 29.7. The van der Waals surface area contributed by atoms with E-state index >= 15 is 0 Å². The Kier molecular flexibility index (Phi) is 57.0. The van der Waals surface area contributed by atoms with Crippen molar-refractivity contribution in [1.82, 2.24) is 0 Å². The Bertz CT molecular complexity index is 5290. The fourth-order valence-electron chi connectivity index (χ4n) is 14.5. The van der Waals surface area contributed by atoms with E-state index in [-0.39, 0.29) is 247 Å². The average molecular weight is 1990 g/mol. The van der Waals surface area contributed by atoms with E-state index in [0.29, 0.717) is 80.0 Å². The van der Waals surface area contributed by atoms with Crippen LogP contribution in [-0.2, 0) is 86.4 Å². The van der Waals surface area contributed by atoms with Crippen LogP contribution in [-0.4, -0.2) is 194 Å². The van der Waals surface area contributed by atoms with Gasteiger partial charge in [0.1, 0.15) is 107 Å². The molecule has 6 aromatic rings. The Morgan fingerprint density at radius 1 is 0.227 bits per heavy atom. The summed E-state index contributed by atoms with van der Waals surface area (Å²) in [4.78, 5) is -2.71. The summed E-state index contributed by atoms with van der Waals surface area (Å²) in [5.41, 5.74) is 3.25. The fraction of sp³-hybridized carbons (Fsp3) is 0.533. The van der Waals surface area contributed by atoms with E-state index in [4.69, 9.17) is 56.8 Å². The number of hydrogen-bond acceptors (Lipinski definition) is 36. The van der Waals surface area contributed by atoms with Crippen molar-refractivity contribution in [3.05, 3.63) is 111 Å². The third-order valence-electron chi connectivity index (χ3n) is 21.4. The Labute approximate surface area is 787 Å². The van der Waals surface area contributed by atoms with Crippen molar-refractivity contribution in [3.63, 3.8) is 0 Å². The molecule has 42 heteroatoms. The summed E-state index contributed by atoms with van der Waals surface area (Å²) in [6.07, 6.45) is 6.27. The quantitative estimate of drug-likeness (QED) is 0.0157. The lowest BCUT2D eigenvalue weighted by Crippen LogP contribution is -2.12. The summed E-state index contributed by atoms with van der Waals surface area (Å²) in [5, 5.41) is 62.3.